The van der Waals surface area contributed by atoms with Crippen LogP contribution in [0.2, 0.25) is 0 Å². The summed E-state index contributed by atoms with van der Waals surface area (Å²) in [5, 5.41) is 6.60. The summed E-state index contributed by atoms with van der Waals surface area (Å²) in [5.41, 5.74) is 7.96. The van der Waals surface area contributed by atoms with Crippen LogP contribution in [0.25, 0.3) is 0 Å². The van der Waals surface area contributed by atoms with Gasteiger partial charge >= 0.3 is 0 Å². The van der Waals surface area contributed by atoms with Gasteiger partial charge in [0.25, 0.3) is 0 Å². The van der Waals surface area contributed by atoms with Crippen LogP contribution in [0.5, 0.6) is 0 Å². The van der Waals surface area contributed by atoms with Crippen molar-refractivity contribution in [3.63, 3.8) is 0 Å². The fourth-order valence-electron chi connectivity index (χ4n) is 3.99. The molecule has 2 fully saturated rings. The molecule has 120 valence electrons. The second kappa shape index (κ2) is 6.39. The summed E-state index contributed by atoms with van der Waals surface area (Å²) in [6.07, 6.45) is 4.65. The number of carbonyl (C=O) groups excluding carboxylic acids is 1. The van der Waals surface area contributed by atoms with Crippen LogP contribution in [0, 0.1) is 11.3 Å². The first kappa shape index (κ1) is 15.5. The highest BCUT2D eigenvalue weighted by Crippen LogP contribution is 2.43. The lowest BCUT2D eigenvalue weighted by Gasteiger charge is -2.37. The number of carbonyl (C=O) groups is 1. The monoisotopic (exact) mass is 301 g/mol. The normalized spacial score (nSPS) is 28.9. The van der Waals surface area contributed by atoms with Crippen LogP contribution < -0.4 is 16.4 Å². The molecule has 0 spiro atoms. The third-order valence-electron chi connectivity index (χ3n) is 5.45. The van der Waals surface area contributed by atoms with Gasteiger partial charge in [0.15, 0.2) is 0 Å². The molecule has 1 amide bonds. The number of amides is 1. The first-order chi connectivity index (χ1) is 10.6. The Balaban J connectivity index is 1.62. The van der Waals surface area contributed by atoms with Gasteiger partial charge in [-0.25, -0.2) is 0 Å². The van der Waals surface area contributed by atoms with E-state index in [0.717, 1.165) is 30.6 Å². The van der Waals surface area contributed by atoms with E-state index in [2.05, 4.69) is 22.8 Å². The Hall–Kier alpha value is -1.39. The molecule has 1 unspecified atom stereocenters. The van der Waals surface area contributed by atoms with Crippen molar-refractivity contribution < 1.29 is 4.79 Å². The zero-order valence-corrected chi connectivity index (χ0v) is 13.4. The van der Waals surface area contributed by atoms with Crippen LogP contribution >= 0.6 is 0 Å². The maximum atomic E-state index is 12.8. The SMILES string of the molecule is CC(N)c1ccc(CNC(=O)[C@@]23CCCC[C@H]2CNC3)cc1. The first-order valence-electron chi connectivity index (χ1n) is 8.45. The lowest BCUT2D eigenvalue weighted by molar-refractivity contribution is -0.134. The van der Waals surface area contributed by atoms with Crippen molar-refractivity contribution in [2.75, 3.05) is 13.1 Å². The number of hydrogen-bond donors (Lipinski definition) is 3. The van der Waals surface area contributed by atoms with Crippen molar-refractivity contribution in [2.45, 2.75) is 45.2 Å². The quantitative estimate of drug-likeness (QED) is 0.798. The van der Waals surface area contributed by atoms with Gasteiger partial charge in [0, 0.05) is 19.1 Å². The number of fused-ring (bicyclic) bond motifs is 1. The van der Waals surface area contributed by atoms with E-state index in [-0.39, 0.29) is 17.4 Å². The molecule has 1 aromatic rings. The molecule has 4 heteroatoms. The molecule has 1 aliphatic heterocycles. The number of nitrogens with two attached hydrogens (primary N) is 1. The molecule has 0 aromatic heterocycles. The van der Waals surface area contributed by atoms with Crippen molar-refractivity contribution in [1.82, 2.24) is 10.6 Å². The Bertz CT molecular complexity index is 526. The Labute approximate surface area is 132 Å². The topological polar surface area (TPSA) is 67.1 Å². The Kier molecular flexibility index (Phi) is 4.50. The van der Waals surface area contributed by atoms with Crippen molar-refractivity contribution in [1.29, 1.82) is 0 Å². The minimum absolute atomic E-state index is 0.0510. The lowest BCUT2D eigenvalue weighted by Crippen LogP contribution is -2.47. The van der Waals surface area contributed by atoms with Crippen LogP contribution in [0.4, 0.5) is 0 Å². The molecule has 0 bridgehead atoms. The average Bonchev–Trinajstić information content (AvgIpc) is 2.98. The fourth-order valence-corrected chi connectivity index (χ4v) is 3.99. The molecule has 1 heterocycles. The predicted molar refractivity (Wildman–Crippen MR) is 88.2 cm³/mol. The van der Waals surface area contributed by atoms with Crippen LogP contribution in [0.3, 0.4) is 0 Å². The highest BCUT2D eigenvalue weighted by atomic mass is 16.2. The number of rotatable bonds is 4. The Morgan fingerprint density at radius 1 is 1.41 bits per heavy atom. The van der Waals surface area contributed by atoms with Crippen molar-refractivity contribution in [2.24, 2.45) is 17.1 Å². The number of hydrogen-bond acceptors (Lipinski definition) is 3. The van der Waals surface area contributed by atoms with Gasteiger partial charge in [-0.2, -0.15) is 0 Å². The lowest BCUT2D eigenvalue weighted by atomic mass is 9.67. The smallest absolute Gasteiger partial charge is 0.228 e. The number of benzene rings is 1. The summed E-state index contributed by atoms with van der Waals surface area (Å²) in [7, 11) is 0. The minimum atomic E-state index is -0.163. The average molecular weight is 301 g/mol. The van der Waals surface area contributed by atoms with Crippen LogP contribution in [0.15, 0.2) is 24.3 Å². The summed E-state index contributed by atoms with van der Waals surface area (Å²) < 4.78 is 0. The first-order valence-corrected chi connectivity index (χ1v) is 8.45. The molecule has 4 nitrogen and oxygen atoms in total. The second-order valence-corrected chi connectivity index (χ2v) is 6.94. The maximum Gasteiger partial charge on any atom is 0.228 e. The summed E-state index contributed by atoms with van der Waals surface area (Å²) in [5.74, 6) is 0.750. The van der Waals surface area contributed by atoms with Gasteiger partial charge in [-0.05, 0) is 43.4 Å². The van der Waals surface area contributed by atoms with E-state index in [4.69, 9.17) is 5.73 Å². The van der Waals surface area contributed by atoms with Gasteiger partial charge in [0.05, 0.1) is 5.41 Å². The van der Waals surface area contributed by atoms with Crippen molar-refractivity contribution in [3.8, 4) is 0 Å². The maximum absolute atomic E-state index is 12.8. The molecular formula is C18H27N3O. The second-order valence-electron chi connectivity index (χ2n) is 6.94. The highest BCUT2D eigenvalue weighted by molar-refractivity contribution is 5.83. The van der Waals surface area contributed by atoms with Gasteiger partial charge in [-0.15, -0.1) is 0 Å². The highest BCUT2D eigenvalue weighted by Gasteiger charge is 2.49. The standard InChI is InChI=1S/C18H27N3O/c1-13(19)15-7-5-14(6-8-15)10-21-17(22)18-9-3-2-4-16(18)11-20-12-18/h5-8,13,16,20H,2-4,9-12,19H2,1H3,(H,21,22)/t13?,16-,18+/m0/s1. The van der Waals surface area contributed by atoms with Gasteiger partial charge in [0.1, 0.15) is 0 Å². The summed E-state index contributed by atoms with van der Waals surface area (Å²) >= 11 is 0. The molecule has 4 N–H and O–H groups in total. The predicted octanol–water partition coefficient (Wildman–Crippen LogP) is 2.10. The largest absolute Gasteiger partial charge is 0.351 e. The molecule has 1 saturated carbocycles. The van der Waals surface area contributed by atoms with E-state index in [9.17, 15) is 4.79 Å². The van der Waals surface area contributed by atoms with Gasteiger partial charge in [-0.1, -0.05) is 37.1 Å². The molecule has 0 radical (unpaired) electrons. The molecular weight excluding hydrogens is 274 g/mol. The molecule has 1 saturated heterocycles. The summed E-state index contributed by atoms with van der Waals surface area (Å²) in [4.78, 5) is 12.8. The summed E-state index contributed by atoms with van der Waals surface area (Å²) in [6.45, 7) is 4.42. The van der Waals surface area contributed by atoms with Gasteiger partial charge in [-0.3, -0.25) is 4.79 Å². The van der Waals surface area contributed by atoms with Gasteiger partial charge in [0.2, 0.25) is 5.91 Å². The van der Waals surface area contributed by atoms with E-state index >= 15 is 0 Å². The van der Waals surface area contributed by atoms with E-state index in [1.165, 1.54) is 19.3 Å². The van der Waals surface area contributed by atoms with E-state index in [1.807, 2.05) is 19.1 Å². The van der Waals surface area contributed by atoms with Crippen LogP contribution in [-0.4, -0.2) is 19.0 Å². The van der Waals surface area contributed by atoms with E-state index in [1.54, 1.807) is 0 Å². The van der Waals surface area contributed by atoms with Crippen molar-refractivity contribution in [3.05, 3.63) is 35.4 Å². The molecule has 2 aliphatic rings. The number of nitrogens with one attached hydrogen (secondary N) is 2. The van der Waals surface area contributed by atoms with Gasteiger partial charge < -0.3 is 16.4 Å². The minimum Gasteiger partial charge on any atom is -0.351 e. The zero-order chi connectivity index (χ0) is 15.6. The Morgan fingerprint density at radius 3 is 2.91 bits per heavy atom. The van der Waals surface area contributed by atoms with Crippen molar-refractivity contribution >= 4 is 5.91 Å². The molecule has 3 rings (SSSR count). The Morgan fingerprint density at radius 2 is 2.18 bits per heavy atom. The molecule has 1 aromatic carbocycles. The van der Waals surface area contributed by atoms with E-state index < -0.39 is 0 Å². The molecule has 22 heavy (non-hydrogen) atoms. The van der Waals surface area contributed by atoms with Crippen LogP contribution in [-0.2, 0) is 11.3 Å². The zero-order valence-electron chi connectivity index (χ0n) is 13.4. The molecule has 3 atom stereocenters. The third kappa shape index (κ3) is 2.90. The molecule has 1 aliphatic carbocycles. The third-order valence-corrected chi connectivity index (χ3v) is 5.45. The summed E-state index contributed by atoms with van der Waals surface area (Å²) in [6, 6.07) is 8.26. The van der Waals surface area contributed by atoms with Crippen LogP contribution in [0.1, 0.15) is 49.8 Å². The fraction of sp³-hybridized carbons (Fsp3) is 0.611. The van der Waals surface area contributed by atoms with E-state index in [0.29, 0.717) is 12.5 Å².